The van der Waals surface area contributed by atoms with Crippen molar-refractivity contribution < 1.29 is 9.90 Å². The van der Waals surface area contributed by atoms with E-state index in [1.54, 1.807) is 6.92 Å². The molecule has 0 saturated heterocycles. The van der Waals surface area contributed by atoms with Crippen LogP contribution in [0.5, 0.6) is 0 Å². The van der Waals surface area contributed by atoms with E-state index in [4.69, 9.17) is 5.11 Å². The first-order valence-corrected chi connectivity index (χ1v) is 2.89. The number of hydrogen-bond acceptors (Lipinski definition) is 2. The molecule has 0 aromatic carbocycles. The largest absolute Gasteiger partial charge is 0.393 e. The summed E-state index contributed by atoms with van der Waals surface area (Å²) < 4.78 is 0. The van der Waals surface area contributed by atoms with Crippen molar-refractivity contribution in [2.75, 3.05) is 0 Å². The molecule has 0 aromatic heterocycles. The van der Waals surface area contributed by atoms with Crippen LogP contribution in [0.2, 0.25) is 0 Å². The molecule has 0 aliphatic rings. The zero-order valence-corrected chi connectivity index (χ0v) is 5.13. The standard InChI is InChI=1S/C6H12O2/c1-6(8)4-2-3-5-7/h5-6,8H,2-4H2,1H3/t6-/m1/s1. The van der Waals surface area contributed by atoms with E-state index in [-0.39, 0.29) is 6.10 Å². The summed E-state index contributed by atoms with van der Waals surface area (Å²) in [6, 6.07) is 0. The number of rotatable bonds is 4. The van der Waals surface area contributed by atoms with Gasteiger partial charge in [-0.3, -0.25) is 0 Å². The molecule has 48 valence electrons. The third kappa shape index (κ3) is 5.63. The van der Waals surface area contributed by atoms with Crippen LogP contribution in [-0.4, -0.2) is 17.5 Å². The van der Waals surface area contributed by atoms with Crippen LogP contribution in [-0.2, 0) is 4.79 Å². The van der Waals surface area contributed by atoms with E-state index in [0.29, 0.717) is 6.42 Å². The highest BCUT2D eigenvalue weighted by Gasteiger charge is 1.92. The van der Waals surface area contributed by atoms with Gasteiger partial charge in [0.05, 0.1) is 6.10 Å². The molecule has 1 atom stereocenters. The van der Waals surface area contributed by atoms with Gasteiger partial charge in [0.15, 0.2) is 0 Å². The first-order chi connectivity index (χ1) is 3.77. The highest BCUT2D eigenvalue weighted by atomic mass is 16.3. The number of aldehydes is 1. The van der Waals surface area contributed by atoms with Crippen LogP contribution in [0.4, 0.5) is 0 Å². The Bertz CT molecular complexity index is 59.5. The van der Waals surface area contributed by atoms with Crippen molar-refractivity contribution in [2.24, 2.45) is 0 Å². The number of unbranched alkanes of at least 4 members (excludes halogenated alkanes) is 1. The number of carbonyl (C=O) groups is 1. The molecule has 0 spiro atoms. The van der Waals surface area contributed by atoms with E-state index >= 15 is 0 Å². The maximum Gasteiger partial charge on any atom is 0.119 e. The van der Waals surface area contributed by atoms with Crippen LogP contribution in [0.25, 0.3) is 0 Å². The second kappa shape index (κ2) is 4.78. The maximum absolute atomic E-state index is 9.70. The van der Waals surface area contributed by atoms with Crippen molar-refractivity contribution >= 4 is 6.29 Å². The van der Waals surface area contributed by atoms with Crippen LogP contribution >= 0.6 is 0 Å². The lowest BCUT2D eigenvalue weighted by Gasteiger charge is -1.98. The predicted octanol–water partition coefficient (Wildman–Crippen LogP) is 0.736. The molecule has 1 N–H and O–H groups in total. The monoisotopic (exact) mass is 116 g/mol. The summed E-state index contributed by atoms with van der Waals surface area (Å²) in [4.78, 5) is 9.70. The Labute approximate surface area is 49.5 Å². The zero-order chi connectivity index (χ0) is 6.41. The van der Waals surface area contributed by atoms with E-state index < -0.39 is 0 Å². The summed E-state index contributed by atoms with van der Waals surface area (Å²) in [6.07, 6.45) is 2.74. The molecule has 0 fully saturated rings. The Morgan fingerprint density at radius 2 is 2.38 bits per heavy atom. The molecule has 0 rings (SSSR count). The van der Waals surface area contributed by atoms with Crippen molar-refractivity contribution in [3.63, 3.8) is 0 Å². The number of carbonyl (C=O) groups excluding carboxylic acids is 1. The minimum absolute atomic E-state index is 0.255. The number of aliphatic hydroxyl groups excluding tert-OH is 1. The quantitative estimate of drug-likeness (QED) is 0.434. The average molecular weight is 116 g/mol. The third-order valence-electron chi connectivity index (χ3n) is 0.944. The van der Waals surface area contributed by atoms with Crippen molar-refractivity contribution in [3.8, 4) is 0 Å². The van der Waals surface area contributed by atoms with Gasteiger partial charge in [-0.25, -0.2) is 0 Å². The van der Waals surface area contributed by atoms with Crippen LogP contribution < -0.4 is 0 Å². The van der Waals surface area contributed by atoms with Crippen molar-refractivity contribution in [3.05, 3.63) is 0 Å². The fraction of sp³-hybridized carbons (Fsp3) is 0.833. The summed E-state index contributed by atoms with van der Waals surface area (Å²) >= 11 is 0. The Hall–Kier alpha value is -0.370. The molecule has 0 radical (unpaired) electrons. The summed E-state index contributed by atoms with van der Waals surface area (Å²) in [7, 11) is 0. The van der Waals surface area contributed by atoms with E-state index in [1.807, 2.05) is 0 Å². The Balaban J connectivity index is 2.81. The van der Waals surface area contributed by atoms with Gasteiger partial charge in [-0.2, -0.15) is 0 Å². The normalized spacial score (nSPS) is 13.2. The van der Waals surface area contributed by atoms with Crippen molar-refractivity contribution in [2.45, 2.75) is 32.3 Å². The van der Waals surface area contributed by atoms with Gasteiger partial charge >= 0.3 is 0 Å². The summed E-state index contributed by atoms with van der Waals surface area (Å²) in [6.45, 7) is 1.73. The number of hydrogen-bond donors (Lipinski definition) is 1. The molecule has 0 amide bonds. The van der Waals surface area contributed by atoms with Crippen LogP contribution in [0.15, 0.2) is 0 Å². The molecule has 0 heterocycles. The van der Waals surface area contributed by atoms with Gasteiger partial charge in [0, 0.05) is 6.42 Å². The van der Waals surface area contributed by atoms with Gasteiger partial charge < -0.3 is 9.90 Å². The molecule has 0 aliphatic carbocycles. The smallest absolute Gasteiger partial charge is 0.119 e. The first-order valence-electron chi connectivity index (χ1n) is 2.89. The van der Waals surface area contributed by atoms with Gasteiger partial charge in [0.25, 0.3) is 0 Å². The lowest BCUT2D eigenvalue weighted by molar-refractivity contribution is -0.108. The summed E-state index contributed by atoms with van der Waals surface area (Å²) in [5.41, 5.74) is 0. The Kier molecular flexibility index (Phi) is 4.56. The van der Waals surface area contributed by atoms with Crippen molar-refractivity contribution in [1.29, 1.82) is 0 Å². The topological polar surface area (TPSA) is 37.3 Å². The highest BCUT2D eigenvalue weighted by Crippen LogP contribution is 1.96. The minimum Gasteiger partial charge on any atom is -0.393 e. The van der Waals surface area contributed by atoms with Crippen LogP contribution in [0.1, 0.15) is 26.2 Å². The molecule has 0 unspecified atom stereocenters. The van der Waals surface area contributed by atoms with Gasteiger partial charge in [-0.1, -0.05) is 0 Å². The van der Waals surface area contributed by atoms with E-state index in [1.165, 1.54) is 0 Å². The molecule has 2 heteroatoms. The first kappa shape index (κ1) is 7.63. The lowest BCUT2D eigenvalue weighted by atomic mass is 10.2. The summed E-state index contributed by atoms with van der Waals surface area (Å²) in [5.74, 6) is 0. The van der Waals surface area contributed by atoms with E-state index in [0.717, 1.165) is 19.1 Å². The van der Waals surface area contributed by atoms with Crippen molar-refractivity contribution in [1.82, 2.24) is 0 Å². The number of aliphatic hydroxyl groups is 1. The van der Waals surface area contributed by atoms with E-state index in [9.17, 15) is 4.79 Å². The SMILES string of the molecule is C[C@@H](O)CCCC=O. The molecule has 8 heavy (non-hydrogen) atoms. The zero-order valence-electron chi connectivity index (χ0n) is 5.13. The Morgan fingerprint density at radius 3 is 2.75 bits per heavy atom. The fourth-order valence-corrected chi connectivity index (χ4v) is 0.497. The molecule has 2 nitrogen and oxygen atoms in total. The molecule has 0 aliphatic heterocycles. The minimum atomic E-state index is -0.255. The van der Waals surface area contributed by atoms with Gasteiger partial charge in [0.2, 0.25) is 0 Å². The van der Waals surface area contributed by atoms with Gasteiger partial charge in [-0.15, -0.1) is 0 Å². The van der Waals surface area contributed by atoms with E-state index in [2.05, 4.69) is 0 Å². The van der Waals surface area contributed by atoms with Gasteiger partial charge in [-0.05, 0) is 19.8 Å². The second-order valence-electron chi connectivity index (χ2n) is 1.95. The molecule has 0 saturated carbocycles. The molecule has 0 bridgehead atoms. The Morgan fingerprint density at radius 1 is 1.75 bits per heavy atom. The predicted molar refractivity (Wildman–Crippen MR) is 31.6 cm³/mol. The molecule has 0 aromatic rings. The summed E-state index contributed by atoms with van der Waals surface area (Å²) in [5, 5.41) is 8.66. The second-order valence-corrected chi connectivity index (χ2v) is 1.95. The lowest BCUT2D eigenvalue weighted by Crippen LogP contribution is -1.98. The average Bonchev–Trinajstić information content (AvgIpc) is 1.66. The van der Waals surface area contributed by atoms with Gasteiger partial charge in [0.1, 0.15) is 6.29 Å². The van der Waals surface area contributed by atoms with Crippen LogP contribution in [0.3, 0.4) is 0 Å². The fourth-order valence-electron chi connectivity index (χ4n) is 0.497. The maximum atomic E-state index is 9.70. The molecular formula is C6H12O2. The molecular weight excluding hydrogens is 104 g/mol. The third-order valence-corrected chi connectivity index (χ3v) is 0.944. The van der Waals surface area contributed by atoms with Crippen LogP contribution in [0, 0.1) is 0 Å². The highest BCUT2D eigenvalue weighted by molar-refractivity contribution is 5.48.